The van der Waals surface area contributed by atoms with Gasteiger partial charge in [-0.15, -0.1) is 0 Å². The van der Waals surface area contributed by atoms with Crippen molar-refractivity contribution in [3.63, 3.8) is 0 Å². The Labute approximate surface area is 301 Å². The minimum atomic E-state index is -2.31. The van der Waals surface area contributed by atoms with E-state index in [-0.39, 0.29) is 0 Å². The summed E-state index contributed by atoms with van der Waals surface area (Å²) in [4.78, 5) is 0. The fourth-order valence-electron chi connectivity index (χ4n) is 10.1. The maximum atomic E-state index is 2.64. The highest BCUT2D eigenvalue weighted by Gasteiger charge is 2.42. The van der Waals surface area contributed by atoms with Gasteiger partial charge in [0, 0.05) is 0 Å². The standard InChI is InChI=1S/C50H40Si/c1-31-27-37-19-13-25-43(47-39-21-9-5-15-33(39)29-34-16-6-10-22-40(34)47)45(37)49(31)51(3,4)50-32(2)28-38-20-14-26-44(46(38)50)48-41-23-11-7-17-35(41)30-36-18-8-12-24-42(36)48/h5-26,29-30H,27-28H2,1-4H3. The van der Waals surface area contributed by atoms with Crippen molar-refractivity contribution in [2.75, 3.05) is 0 Å². The maximum Gasteiger partial charge on any atom is 0.113 e. The van der Waals surface area contributed by atoms with Crippen molar-refractivity contribution in [2.45, 2.75) is 39.8 Å². The van der Waals surface area contributed by atoms with Gasteiger partial charge in [-0.3, -0.25) is 0 Å². The summed E-state index contributed by atoms with van der Waals surface area (Å²) in [5.41, 5.74) is 14.5. The van der Waals surface area contributed by atoms with E-state index in [1.807, 2.05) is 0 Å². The summed E-state index contributed by atoms with van der Waals surface area (Å²) in [6.45, 7) is 10.1. The van der Waals surface area contributed by atoms with Crippen LogP contribution in [0.2, 0.25) is 13.1 Å². The molecular formula is C50H40Si. The van der Waals surface area contributed by atoms with Gasteiger partial charge in [-0.05, 0) is 137 Å². The zero-order chi connectivity index (χ0) is 34.4. The molecule has 244 valence electrons. The average molecular weight is 669 g/mol. The molecular weight excluding hydrogens is 629 g/mol. The molecule has 0 nitrogen and oxygen atoms in total. The first-order valence-corrected chi connectivity index (χ1v) is 21.4. The van der Waals surface area contributed by atoms with Gasteiger partial charge in [-0.25, -0.2) is 0 Å². The second kappa shape index (κ2) is 11.3. The van der Waals surface area contributed by atoms with Crippen molar-refractivity contribution in [2.24, 2.45) is 0 Å². The van der Waals surface area contributed by atoms with Crippen molar-refractivity contribution < 1.29 is 0 Å². The molecule has 0 unspecified atom stereocenters. The van der Waals surface area contributed by atoms with E-state index in [1.54, 1.807) is 21.5 Å². The van der Waals surface area contributed by atoms with Gasteiger partial charge >= 0.3 is 0 Å². The molecule has 2 aliphatic rings. The third-order valence-electron chi connectivity index (χ3n) is 11.9. The largest absolute Gasteiger partial charge is 0.113 e. The molecule has 0 aromatic heterocycles. The lowest BCUT2D eigenvalue weighted by atomic mass is 9.88. The Bertz CT molecular complexity index is 2540. The van der Waals surface area contributed by atoms with Gasteiger partial charge in [0.25, 0.3) is 0 Å². The first-order chi connectivity index (χ1) is 24.9. The fourth-order valence-corrected chi connectivity index (χ4v) is 14.5. The molecule has 10 rings (SSSR count). The lowest BCUT2D eigenvalue weighted by Crippen LogP contribution is -2.31. The van der Waals surface area contributed by atoms with Crippen LogP contribution in [0.5, 0.6) is 0 Å². The van der Waals surface area contributed by atoms with Crippen LogP contribution in [0, 0.1) is 0 Å². The number of allylic oxidation sites excluding steroid dienone is 2. The summed E-state index contributed by atoms with van der Waals surface area (Å²) in [7, 11) is -2.31. The summed E-state index contributed by atoms with van der Waals surface area (Å²) in [5, 5.41) is 13.8. The summed E-state index contributed by atoms with van der Waals surface area (Å²) in [6.07, 6.45) is 2.04. The van der Waals surface area contributed by atoms with Crippen molar-refractivity contribution >= 4 is 61.6 Å². The lowest BCUT2D eigenvalue weighted by Gasteiger charge is -2.32. The van der Waals surface area contributed by atoms with Gasteiger partial charge in [-0.1, -0.05) is 158 Å². The number of benzene rings is 8. The van der Waals surface area contributed by atoms with E-state index in [9.17, 15) is 0 Å². The van der Waals surface area contributed by atoms with Crippen LogP contribution in [0.15, 0.2) is 157 Å². The molecule has 0 bridgehead atoms. The van der Waals surface area contributed by atoms with E-state index < -0.39 is 8.07 Å². The normalized spacial score (nSPS) is 14.4. The van der Waals surface area contributed by atoms with Gasteiger partial charge in [0.15, 0.2) is 0 Å². The van der Waals surface area contributed by atoms with Crippen LogP contribution in [0.25, 0.3) is 75.7 Å². The van der Waals surface area contributed by atoms with Crippen LogP contribution in [-0.2, 0) is 12.8 Å². The SMILES string of the molecule is CC1=C([Si](C)(C)C2=C(C)Cc3cccc(-c4c5ccccc5cc5ccccc45)c32)c2c(cccc2-c2c3ccccc3cc3ccccc23)C1. The Hall–Kier alpha value is -5.50. The number of hydrogen-bond acceptors (Lipinski definition) is 0. The molecule has 0 atom stereocenters. The number of fused-ring (bicyclic) bond motifs is 6. The Morgan fingerprint density at radius 3 is 1.06 bits per heavy atom. The zero-order valence-electron chi connectivity index (χ0n) is 29.8. The molecule has 0 saturated carbocycles. The minimum Gasteiger partial charge on any atom is -0.0686 e. The van der Waals surface area contributed by atoms with Crippen molar-refractivity contribution in [1.82, 2.24) is 0 Å². The summed E-state index contributed by atoms with van der Waals surface area (Å²) in [5.74, 6) is 0. The summed E-state index contributed by atoms with van der Waals surface area (Å²) in [6, 6.07) is 54.8. The Morgan fingerprint density at radius 2 is 0.706 bits per heavy atom. The Morgan fingerprint density at radius 1 is 0.373 bits per heavy atom. The predicted octanol–water partition coefficient (Wildman–Crippen LogP) is 13.8. The molecule has 0 aliphatic heterocycles. The third-order valence-corrected chi connectivity index (χ3v) is 15.8. The summed E-state index contributed by atoms with van der Waals surface area (Å²) >= 11 is 0. The van der Waals surface area contributed by atoms with Gasteiger partial charge < -0.3 is 0 Å². The molecule has 0 fully saturated rings. The van der Waals surface area contributed by atoms with E-state index in [0.717, 1.165) is 12.8 Å². The topological polar surface area (TPSA) is 0 Å². The fraction of sp³-hybridized carbons (Fsp3) is 0.120. The minimum absolute atomic E-state index is 1.02. The van der Waals surface area contributed by atoms with Crippen LogP contribution >= 0.6 is 0 Å². The van der Waals surface area contributed by atoms with Gasteiger partial charge in [0.2, 0.25) is 0 Å². The second-order valence-electron chi connectivity index (χ2n) is 15.4. The Kier molecular flexibility index (Phi) is 6.69. The smallest absolute Gasteiger partial charge is 0.0686 e. The Balaban J connectivity index is 1.23. The molecule has 0 radical (unpaired) electrons. The molecule has 1 heteroatoms. The molecule has 8 aromatic rings. The average Bonchev–Trinajstić information content (AvgIpc) is 3.69. The van der Waals surface area contributed by atoms with E-state index in [2.05, 4.69) is 173 Å². The van der Waals surface area contributed by atoms with Crippen molar-refractivity contribution in [3.8, 4) is 22.3 Å². The van der Waals surface area contributed by atoms with Gasteiger partial charge in [0.05, 0.1) is 0 Å². The monoisotopic (exact) mass is 668 g/mol. The molecule has 8 aromatic carbocycles. The van der Waals surface area contributed by atoms with Crippen molar-refractivity contribution in [3.05, 3.63) is 179 Å². The molecule has 0 heterocycles. The maximum absolute atomic E-state index is 2.64. The van der Waals surface area contributed by atoms with Gasteiger partial charge in [-0.2, -0.15) is 0 Å². The van der Waals surface area contributed by atoms with Crippen LogP contribution < -0.4 is 0 Å². The van der Waals surface area contributed by atoms with Crippen LogP contribution in [0.4, 0.5) is 0 Å². The molecule has 0 amide bonds. The lowest BCUT2D eigenvalue weighted by molar-refractivity contribution is 1.19. The highest BCUT2D eigenvalue weighted by molar-refractivity contribution is 7.09. The first kappa shape index (κ1) is 30.3. The van der Waals surface area contributed by atoms with Crippen LogP contribution in [-0.4, -0.2) is 8.07 Å². The quantitative estimate of drug-likeness (QED) is 0.129. The molecule has 0 N–H and O–H groups in total. The molecule has 0 saturated heterocycles. The van der Waals surface area contributed by atoms with Crippen LogP contribution in [0.3, 0.4) is 0 Å². The van der Waals surface area contributed by atoms with E-state index in [1.165, 1.54) is 87.6 Å². The highest BCUT2D eigenvalue weighted by atomic mass is 28.3. The molecule has 51 heavy (non-hydrogen) atoms. The number of rotatable bonds is 4. The van der Waals surface area contributed by atoms with E-state index >= 15 is 0 Å². The van der Waals surface area contributed by atoms with Crippen molar-refractivity contribution in [1.29, 1.82) is 0 Å². The second-order valence-corrected chi connectivity index (χ2v) is 19.6. The van der Waals surface area contributed by atoms with E-state index in [0.29, 0.717) is 0 Å². The molecule has 0 spiro atoms. The predicted molar refractivity (Wildman–Crippen MR) is 224 cm³/mol. The molecule has 2 aliphatic carbocycles. The summed E-state index contributed by atoms with van der Waals surface area (Å²) < 4.78 is 0. The zero-order valence-corrected chi connectivity index (χ0v) is 30.8. The van der Waals surface area contributed by atoms with Crippen LogP contribution in [0.1, 0.15) is 36.1 Å². The highest BCUT2D eigenvalue weighted by Crippen LogP contribution is 2.54. The van der Waals surface area contributed by atoms with E-state index in [4.69, 9.17) is 0 Å². The third kappa shape index (κ3) is 4.44. The number of hydrogen-bond donors (Lipinski definition) is 0. The van der Waals surface area contributed by atoms with Gasteiger partial charge in [0.1, 0.15) is 8.07 Å². The first-order valence-electron chi connectivity index (χ1n) is 18.4.